The van der Waals surface area contributed by atoms with Crippen LogP contribution in [0.2, 0.25) is 0 Å². The standard InChI is InChI=1S/C22H30N2O4S/c1-14(18-3-2-4-29-18)24-20(26)13-28-21(27)12-23-19(25)11-22-8-15-5-16(9-22)7-17(6-15)10-22/h2-4,14-17H,5-13H2,1H3,(H,23,25)(H,24,26)/t14-,15?,16?,17?,22?/m1/s1. The van der Waals surface area contributed by atoms with Gasteiger partial charge in [0, 0.05) is 11.3 Å². The summed E-state index contributed by atoms with van der Waals surface area (Å²) in [5.74, 6) is 1.40. The summed E-state index contributed by atoms with van der Waals surface area (Å²) in [5.41, 5.74) is 0.153. The molecular weight excluding hydrogens is 388 g/mol. The van der Waals surface area contributed by atoms with Gasteiger partial charge in [0.2, 0.25) is 5.91 Å². The molecule has 0 aromatic carbocycles. The molecule has 0 saturated heterocycles. The monoisotopic (exact) mass is 418 g/mol. The molecule has 1 heterocycles. The Balaban J connectivity index is 1.15. The van der Waals surface area contributed by atoms with Crippen LogP contribution in [0.4, 0.5) is 0 Å². The minimum atomic E-state index is -0.581. The van der Waals surface area contributed by atoms with E-state index in [9.17, 15) is 14.4 Å². The molecule has 0 spiro atoms. The first-order valence-electron chi connectivity index (χ1n) is 10.7. The Hall–Kier alpha value is -1.89. The van der Waals surface area contributed by atoms with E-state index in [1.165, 1.54) is 38.5 Å². The van der Waals surface area contributed by atoms with Crippen molar-refractivity contribution in [3.8, 4) is 0 Å². The van der Waals surface area contributed by atoms with Gasteiger partial charge in [0.1, 0.15) is 6.54 Å². The van der Waals surface area contributed by atoms with Crippen LogP contribution in [0.1, 0.15) is 62.8 Å². The summed E-state index contributed by atoms with van der Waals surface area (Å²) < 4.78 is 5.00. The maximum Gasteiger partial charge on any atom is 0.325 e. The fraction of sp³-hybridized carbons (Fsp3) is 0.682. The molecular formula is C22H30N2O4S. The van der Waals surface area contributed by atoms with Crippen LogP contribution in [0.15, 0.2) is 17.5 Å². The van der Waals surface area contributed by atoms with Crippen LogP contribution in [0, 0.1) is 23.2 Å². The Bertz CT molecular complexity index is 726. The van der Waals surface area contributed by atoms with Gasteiger partial charge in [-0.1, -0.05) is 6.07 Å². The molecule has 4 bridgehead atoms. The predicted molar refractivity (Wildman–Crippen MR) is 110 cm³/mol. The highest BCUT2D eigenvalue weighted by molar-refractivity contribution is 7.10. The number of thiophene rings is 1. The molecule has 1 aromatic heterocycles. The summed E-state index contributed by atoms with van der Waals surface area (Å²) in [7, 11) is 0. The molecule has 4 aliphatic rings. The summed E-state index contributed by atoms with van der Waals surface area (Å²) in [5, 5.41) is 7.44. The van der Waals surface area contributed by atoms with E-state index in [0.29, 0.717) is 6.42 Å². The minimum absolute atomic E-state index is 0.0698. The van der Waals surface area contributed by atoms with Crippen LogP contribution in [0.25, 0.3) is 0 Å². The third-order valence-corrected chi connectivity index (χ3v) is 7.90. The fourth-order valence-electron chi connectivity index (χ4n) is 6.17. The summed E-state index contributed by atoms with van der Waals surface area (Å²) in [6.45, 7) is 1.37. The number of nitrogens with one attached hydrogen (secondary N) is 2. The first kappa shape index (κ1) is 20.4. The van der Waals surface area contributed by atoms with E-state index >= 15 is 0 Å². The number of ether oxygens (including phenoxy) is 1. The maximum atomic E-state index is 12.5. The lowest BCUT2D eigenvalue weighted by Crippen LogP contribution is -2.48. The van der Waals surface area contributed by atoms with Crippen LogP contribution in [0.3, 0.4) is 0 Å². The van der Waals surface area contributed by atoms with Gasteiger partial charge in [-0.2, -0.15) is 0 Å². The van der Waals surface area contributed by atoms with Crippen LogP contribution in [-0.2, 0) is 19.1 Å². The maximum absolute atomic E-state index is 12.5. The third-order valence-electron chi connectivity index (χ3n) is 6.84. The highest BCUT2D eigenvalue weighted by atomic mass is 32.1. The fourth-order valence-corrected chi connectivity index (χ4v) is 6.90. The van der Waals surface area contributed by atoms with Gasteiger partial charge in [-0.25, -0.2) is 0 Å². The van der Waals surface area contributed by atoms with Gasteiger partial charge >= 0.3 is 5.97 Å². The van der Waals surface area contributed by atoms with Crippen molar-refractivity contribution in [3.63, 3.8) is 0 Å². The molecule has 4 fully saturated rings. The lowest BCUT2D eigenvalue weighted by Gasteiger charge is -2.56. The zero-order valence-electron chi connectivity index (χ0n) is 16.9. The number of carbonyl (C=O) groups is 3. The van der Waals surface area contributed by atoms with E-state index < -0.39 is 5.97 Å². The quantitative estimate of drug-likeness (QED) is 0.635. The number of amides is 2. The minimum Gasteiger partial charge on any atom is -0.454 e. The second-order valence-corrected chi connectivity index (χ2v) is 10.3. The van der Waals surface area contributed by atoms with Crippen molar-refractivity contribution in [1.82, 2.24) is 10.6 Å². The van der Waals surface area contributed by atoms with Crippen molar-refractivity contribution in [2.45, 2.75) is 57.9 Å². The molecule has 0 radical (unpaired) electrons. The molecule has 4 aliphatic carbocycles. The zero-order valence-corrected chi connectivity index (χ0v) is 17.8. The van der Waals surface area contributed by atoms with E-state index in [-0.39, 0.29) is 36.4 Å². The summed E-state index contributed by atoms with van der Waals surface area (Å²) in [6.07, 6.45) is 8.06. The molecule has 0 aliphatic heterocycles. The second-order valence-electron chi connectivity index (χ2n) is 9.34. The molecule has 4 saturated carbocycles. The number of hydrogen-bond donors (Lipinski definition) is 2. The van der Waals surface area contributed by atoms with E-state index in [0.717, 1.165) is 22.6 Å². The van der Waals surface area contributed by atoms with Crippen molar-refractivity contribution in [3.05, 3.63) is 22.4 Å². The number of hydrogen-bond acceptors (Lipinski definition) is 5. The molecule has 29 heavy (non-hydrogen) atoms. The molecule has 2 N–H and O–H groups in total. The topological polar surface area (TPSA) is 84.5 Å². The summed E-state index contributed by atoms with van der Waals surface area (Å²) in [6, 6.07) is 3.75. The average Bonchev–Trinajstić information content (AvgIpc) is 3.18. The largest absolute Gasteiger partial charge is 0.454 e. The molecule has 0 unspecified atom stereocenters. The van der Waals surface area contributed by atoms with Gasteiger partial charge in [-0.05, 0) is 80.1 Å². The first-order chi connectivity index (χ1) is 13.9. The lowest BCUT2D eigenvalue weighted by molar-refractivity contribution is -0.149. The van der Waals surface area contributed by atoms with E-state index in [4.69, 9.17) is 4.74 Å². The average molecular weight is 419 g/mol. The molecule has 2 amide bonds. The smallest absolute Gasteiger partial charge is 0.325 e. The Morgan fingerprint density at radius 2 is 1.79 bits per heavy atom. The van der Waals surface area contributed by atoms with E-state index in [1.807, 2.05) is 24.4 Å². The van der Waals surface area contributed by atoms with Gasteiger partial charge in [-0.3, -0.25) is 14.4 Å². The number of rotatable bonds is 8. The van der Waals surface area contributed by atoms with Gasteiger partial charge in [0.15, 0.2) is 6.61 Å². The SMILES string of the molecule is C[C@@H](NC(=O)COC(=O)CNC(=O)CC12CC3CC(CC(C3)C1)C2)c1cccs1. The van der Waals surface area contributed by atoms with Crippen molar-refractivity contribution in [2.24, 2.45) is 23.2 Å². The Kier molecular flexibility index (Phi) is 5.95. The third kappa shape index (κ3) is 5.00. The van der Waals surface area contributed by atoms with Crippen LogP contribution >= 0.6 is 11.3 Å². The highest BCUT2D eigenvalue weighted by Crippen LogP contribution is 2.61. The second kappa shape index (κ2) is 8.46. The molecule has 1 atom stereocenters. The molecule has 6 nitrogen and oxygen atoms in total. The number of carbonyl (C=O) groups excluding carboxylic acids is 3. The normalized spacial score (nSPS) is 30.6. The Morgan fingerprint density at radius 1 is 1.14 bits per heavy atom. The van der Waals surface area contributed by atoms with E-state index in [1.54, 1.807) is 11.3 Å². The Morgan fingerprint density at radius 3 is 2.38 bits per heavy atom. The van der Waals surface area contributed by atoms with Crippen LogP contribution < -0.4 is 10.6 Å². The van der Waals surface area contributed by atoms with Gasteiger partial charge in [-0.15, -0.1) is 11.3 Å². The van der Waals surface area contributed by atoms with Gasteiger partial charge < -0.3 is 15.4 Å². The van der Waals surface area contributed by atoms with Gasteiger partial charge in [0.05, 0.1) is 6.04 Å². The lowest BCUT2D eigenvalue weighted by atomic mass is 9.49. The highest BCUT2D eigenvalue weighted by Gasteiger charge is 2.51. The molecule has 5 rings (SSSR count). The predicted octanol–water partition coefficient (Wildman–Crippen LogP) is 3.19. The van der Waals surface area contributed by atoms with Gasteiger partial charge in [0.25, 0.3) is 5.91 Å². The molecule has 7 heteroatoms. The van der Waals surface area contributed by atoms with Crippen molar-refractivity contribution in [1.29, 1.82) is 0 Å². The number of esters is 1. The van der Waals surface area contributed by atoms with Crippen molar-refractivity contribution >= 4 is 29.1 Å². The first-order valence-corrected chi connectivity index (χ1v) is 11.5. The van der Waals surface area contributed by atoms with Crippen LogP contribution in [0.5, 0.6) is 0 Å². The summed E-state index contributed by atoms with van der Waals surface area (Å²) in [4.78, 5) is 37.3. The van der Waals surface area contributed by atoms with Crippen molar-refractivity contribution < 1.29 is 19.1 Å². The van der Waals surface area contributed by atoms with Crippen molar-refractivity contribution in [2.75, 3.05) is 13.2 Å². The molecule has 1 aromatic rings. The zero-order chi connectivity index (χ0) is 20.4. The molecule has 158 valence electrons. The Labute approximate surface area is 175 Å². The summed E-state index contributed by atoms with van der Waals surface area (Å²) >= 11 is 1.56. The van der Waals surface area contributed by atoms with Crippen LogP contribution in [-0.4, -0.2) is 30.9 Å². The van der Waals surface area contributed by atoms with E-state index in [2.05, 4.69) is 10.6 Å².